The van der Waals surface area contributed by atoms with Crippen LogP contribution in [0.3, 0.4) is 0 Å². The minimum atomic E-state index is -4.16. The summed E-state index contributed by atoms with van der Waals surface area (Å²) in [6.07, 6.45) is 0.156. The van der Waals surface area contributed by atoms with E-state index in [0.29, 0.717) is 26.1 Å². The van der Waals surface area contributed by atoms with E-state index in [1.807, 2.05) is 38.1 Å². The fourth-order valence-corrected chi connectivity index (χ4v) is 6.35. The average molecular weight is 502 g/mol. The Bertz CT molecular complexity index is 1120. The SMILES string of the molecule is CC(C)C(=O)N1CC2(C1)C(=O)N(CC1=NC3=C(CCC3)CCC1CCCC(F)(F)F)c1ccccc12. The first-order valence-electron chi connectivity index (χ1n) is 13.1. The predicted octanol–water partition coefficient (Wildman–Crippen LogP) is 5.79. The van der Waals surface area contributed by atoms with E-state index in [1.54, 1.807) is 9.80 Å². The first-order valence-corrected chi connectivity index (χ1v) is 13.1. The number of fused-ring (bicyclic) bond motifs is 2. The van der Waals surface area contributed by atoms with Gasteiger partial charge in [0, 0.05) is 42.5 Å². The van der Waals surface area contributed by atoms with Gasteiger partial charge in [0.05, 0.1) is 6.54 Å². The fourth-order valence-electron chi connectivity index (χ4n) is 6.35. The Morgan fingerprint density at radius 3 is 2.64 bits per heavy atom. The number of para-hydroxylation sites is 1. The molecule has 0 saturated carbocycles. The molecule has 1 atom stereocenters. The first-order chi connectivity index (χ1) is 17.1. The van der Waals surface area contributed by atoms with E-state index in [1.165, 1.54) is 5.57 Å². The molecule has 0 bridgehead atoms. The van der Waals surface area contributed by atoms with Crippen LogP contribution in [0, 0.1) is 11.8 Å². The molecule has 3 heterocycles. The van der Waals surface area contributed by atoms with Crippen molar-refractivity contribution in [2.24, 2.45) is 16.8 Å². The van der Waals surface area contributed by atoms with Gasteiger partial charge >= 0.3 is 6.18 Å². The van der Waals surface area contributed by atoms with Crippen molar-refractivity contribution in [3.63, 3.8) is 0 Å². The van der Waals surface area contributed by atoms with Crippen LogP contribution in [-0.4, -0.2) is 48.2 Å². The molecule has 1 unspecified atom stereocenters. The highest BCUT2D eigenvalue weighted by Gasteiger charge is 2.59. The number of allylic oxidation sites excluding steroid dienone is 2. The zero-order valence-electron chi connectivity index (χ0n) is 21.0. The molecule has 1 aromatic carbocycles. The van der Waals surface area contributed by atoms with E-state index in [2.05, 4.69) is 0 Å². The van der Waals surface area contributed by atoms with E-state index >= 15 is 0 Å². The lowest BCUT2D eigenvalue weighted by atomic mass is 9.74. The van der Waals surface area contributed by atoms with Gasteiger partial charge in [-0.15, -0.1) is 0 Å². The average Bonchev–Trinajstić information content (AvgIpc) is 3.28. The minimum Gasteiger partial charge on any atom is -0.339 e. The molecule has 2 amide bonds. The van der Waals surface area contributed by atoms with Gasteiger partial charge in [-0.2, -0.15) is 13.2 Å². The van der Waals surface area contributed by atoms with Gasteiger partial charge in [-0.25, -0.2) is 0 Å². The molecule has 5 nitrogen and oxygen atoms in total. The van der Waals surface area contributed by atoms with Crippen molar-refractivity contribution in [1.29, 1.82) is 0 Å². The summed E-state index contributed by atoms with van der Waals surface area (Å²) >= 11 is 0. The first kappa shape index (κ1) is 25.0. The van der Waals surface area contributed by atoms with Crippen molar-refractivity contribution in [3.8, 4) is 0 Å². The van der Waals surface area contributed by atoms with Gasteiger partial charge in [0.2, 0.25) is 11.8 Å². The van der Waals surface area contributed by atoms with Gasteiger partial charge in [0.15, 0.2) is 0 Å². The highest BCUT2D eigenvalue weighted by molar-refractivity contribution is 6.13. The third-order valence-corrected chi connectivity index (χ3v) is 8.27. The van der Waals surface area contributed by atoms with Crippen molar-refractivity contribution in [2.75, 3.05) is 24.5 Å². The van der Waals surface area contributed by atoms with Crippen LogP contribution in [0.2, 0.25) is 0 Å². The molecule has 0 N–H and O–H groups in total. The predicted molar refractivity (Wildman–Crippen MR) is 133 cm³/mol. The van der Waals surface area contributed by atoms with Gasteiger partial charge in [0.25, 0.3) is 0 Å². The van der Waals surface area contributed by atoms with Crippen LogP contribution in [0.25, 0.3) is 0 Å². The number of likely N-dealkylation sites (tertiary alicyclic amines) is 1. The minimum absolute atomic E-state index is 0.0295. The van der Waals surface area contributed by atoms with Gasteiger partial charge in [-0.05, 0) is 68.1 Å². The Morgan fingerprint density at radius 1 is 1.17 bits per heavy atom. The highest BCUT2D eigenvalue weighted by Crippen LogP contribution is 2.48. The van der Waals surface area contributed by atoms with Gasteiger partial charge < -0.3 is 9.80 Å². The van der Waals surface area contributed by atoms with Gasteiger partial charge in [-0.3, -0.25) is 14.6 Å². The number of anilines is 1. The molecule has 8 heteroatoms. The number of amides is 2. The Balaban J connectivity index is 1.41. The maximum atomic E-state index is 13.9. The Hall–Kier alpha value is -2.64. The van der Waals surface area contributed by atoms with Crippen molar-refractivity contribution in [1.82, 2.24) is 4.90 Å². The number of halogens is 3. The lowest BCUT2D eigenvalue weighted by Crippen LogP contribution is -2.66. The number of rotatable bonds is 6. The van der Waals surface area contributed by atoms with Crippen molar-refractivity contribution >= 4 is 23.2 Å². The normalized spacial score (nSPS) is 23.1. The van der Waals surface area contributed by atoms with Crippen LogP contribution in [-0.2, 0) is 15.0 Å². The lowest BCUT2D eigenvalue weighted by molar-refractivity contribution is -0.146. The summed E-state index contributed by atoms with van der Waals surface area (Å²) in [5.74, 6) is -0.187. The monoisotopic (exact) mass is 501 g/mol. The number of aliphatic imine (C=N–C) groups is 1. The number of carbonyl (C=O) groups excluding carboxylic acids is 2. The van der Waals surface area contributed by atoms with E-state index in [4.69, 9.17) is 4.99 Å². The summed E-state index contributed by atoms with van der Waals surface area (Å²) in [5.41, 5.74) is 4.27. The number of hydrogen-bond acceptors (Lipinski definition) is 3. The Labute approximate surface area is 210 Å². The molecular formula is C28H34F3N3O2. The van der Waals surface area contributed by atoms with Gasteiger partial charge in [0.1, 0.15) is 5.41 Å². The molecule has 1 fully saturated rings. The molecular weight excluding hydrogens is 467 g/mol. The second-order valence-corrected chi connectivity index (χ2v) is 11.1. The fraction of sp³-hybridized carbons (Fsp3) is 0.607. The molecule has 5 rings (SSSR count). The van der Waals surface area contributed by atoms with Crippen molar-refractivity contribution in [2.45, 2.75) is 76.8 Å². The van der Waals surface area contributed by atoms with E-state index in [0.717, 1.165) is 54.8 Å². The number of carbonyl (C=O) groups is 2. The molecule has 0 radical (unpaired) electrons. The molecule has 1 spiro atoms. The number of nitrogens with zero attached hydrogens (tertiary/aromatic N) is 3. The molecule has 4 aliphatic rings. The molecule has 194 valence electrons. The third-order valence-electron chi connectivity index (χ3n) is 8.27. The topological polar surface area (TPSA) is 53.0 Å². The lowest BCUT2D eigenvalue weighted by Gasteiger charge is -2.47. The van der Waals surface area contributed by atoms with Crippen LogP contribution in [0.1, 0.15) is 70.8 Å². The van der Waals surface area contributed by atoms with Crippen molar-refractivity contribution < 1.29 is 22.8 Å². The van der Waals surface area contributed by atoms with Crippen LogP contribution in [0.4, 0.5) is 18.9 Å². The molecule has 1 saturated heterocycles. The largest absolute Gasteiger partial charge is 0.389 e. The number of hydrogen-bond donors (Lipinski definition) is 0. The molecule has 1 aromatic rings. The maximum Gasteiger partial charge on any atom is 0.389 e. The van der Waals surface area contributed by atoms with Gasteiger partial charge in [-0.1, -0.05) is 32.0 Å². The standard InChI is InChI=1S/C28H34F3N3O2/c1-18(2)25(35)33-16-27(17-33)21-9-3-4-11-24(21)34(26(27)36)15-23-20(8-6-14-28(29,30)31)13-12-19-7-5-10-22(19)32-23/h3-4,9,11,18,20H,5-8,10,12-17H2,1-2H3. The summed E-state index contributed by atoms with van der Waals surface area (Å²) in [6.45, 7) is 4.75. The third kappa shape index (κ3) is 4.48. The quantitative estimate of drug-likeness (QED) is 0.495. The van der Waals surface area contributed by atoms with Crippen LogP contribution < -0.4 is 4.90 Å². The second kappa shape index (κ2) is 9.34. The smallest absolute Gasteiger partial charge is 0.339 e. The summed E-state index contributed by atoms with van der Waals surface area (Å²) in [5, 5.41) is 0. The summed E-state index contributed by atoms with van der Waals surface area (Å²) in [4.78, 5) is 35.0. The zero-order valence-corrected chi connectivity index (χ0v) is 21.0. The Morgan fingerprint density at radius 2 is 1.92 bits per heavy atom. The van der Waals surface area contributed by atoms with E-state index in [-0.39, 0.29) is 30.1 Å². The Kier molecular flexibility index (Phi) is 6.50. The molecule has 0 aromatic heterocycles. The molecule has 36 heavy (non-hydrogen) atoms. The van der Waals surface area contributed by atoms with Crippen LogP contribution in [0.5, 0.6) is 0 Å². The van der Waals surface area contributed by atoms with E-state index in [9.17, 15) is 22.8 Å². The van der Waals surface area contributed by atoms with E-state index < -0.39 is 18.0 Å². The summed E-state index contributed by atoms with van der Waals surface area (Å²) in [6, 6.07) is 7.73. The second-order valence-electron chi connectivity index (χ2n) is 11.1. The summed E-state index contributed by atoms with van der Waals surface area (Å²) < 4.78 is 38.6. The van der Waals surface area contributed by atoms with Crippen molar-refractivity contribution in [3.05, 3.63) is 41.1 Å². The number of alkyl halides is 3. The zero-order chi connectivity index (χ0) is 25.7. The van der Waals surface area contributed by atoms with Crippen LogP contribution >= 0.6 is 0 Å². The number of benzene rings is 1. The van der Waals surface area contributed by atoms with Crippen LogP contribution in [0.15, 0.2) is 40.5 Å². The molecule has 3 aliphatic heterocycles. The highest BCUT2D eigenvalue weighted by atomic mass is 19.4. The summed E-state index contributed by atoms with van der Waals surface area (Å²) in [7, 11) is 0. The maximum absolute atomic E-state index is 13.9. The molecule has 1 aliphatic carbocycles.